The lowest BCUT2D eigenvalue weighted by atomic mass is 10.0. The summed E-state index contributed by atoms with van der Waals surface area (Å²) in [6, 6.07) is 5.24. The highest BCUT2D eigenvalue weighted by molar-refractivity contribution is 5.85. The number of aryl methyl sites for hydroxylation is 2. The number of benzene rings is 1. The molecular formula is C14H15NO4. The topological polar surface area (TPSA) is 72.6 Å². The molecule has 5 nitrogen and oxygen atoms in total. The number of rotatable bonds is 4. The molecule has 0 unspecified atom stereocenters. The van der Waals surface area contributed by atoms with Crippen LogP contribution in [-0.4, -0.2) is 16.2 Å². The van der Waals surface area contributed by atoms with Crippen molar-refractivity contribution in [2.75, 3.05) is 0 Å². The zero-order valence-electron chi connectivity index (χ0n) is 11.1. The van der Waals surface area contributed by atoms with E-state index < -0.39 is 5.97 Å². The van der Waals surface area contributed by atoms with Crippen molar-refractivity contribution in [2.45, 2.75) is 27.4 Å². The van der Waals surface area contributed by atoms with Crippen LogP contribution in [0, 0.1) is 20.8 Å². The average molecular weight is 261 g/mol. The second-order valence-corrected chi connectivity index (χ2v) is 4.45. The summed E-state index contributed by atoms with van der Waals surface area (Å²) in [4.78, 5) is 10.7. The number of carbonyl (C=O) groups is 1. The van der Waals surface area contributed by atoms with Gasteiger partial charge in [-0.15, -0.1) is 0 Å². The lowest BCUT2D eigenvalue weighted by Gasteiger charge is -2.09. The Balaban J connectivity index is 2.08. The van der Waals surface area contributed by atoms with E-state index in [9.17, 15) is 4.79 Å². The van der Waals surface area contributed by atoms with Crippen LogP contribution >= 0.6 is 0 Å². The van der Waals surface area contributed by atoms with E-state index in [0.29, 0.717) is 5.76 Å². The molecule has 5 heteroatoms. The quantitative estimate of drug-likeness (QED) is 0.916. The van der Waals surface area contributed by atoms with E-state index in [0.717, 1.165) is 16.9 Å². The van der Waals surface area contributed by atoms with Crippen molar-refractivity contribution in [2.24, 2.45) is 0 Å². The molecule has 1 N–H and O–H groups in total. The third kappa shape index (κ3) is 2.93. The molecule has 0 aliphatic carbocycles. The summed E-state index contributed by atoms with van der Waals surface area (Å²) < 4.78 is 10.5. The largest absolute Gasteiger partial charge is 0.486 e. The Morgan fingerprint density at radius 2 is 1.89 bits per heavy atom. The maximum atomic E-state index is 10.7. The molecule has 0 saturated carbocycles. The molecule has 1 aromatic heterocycles. The van der Waals surface area contributed by atoms with Crippen molar-refractivity contribution >= 4 is 5.97 Å². The normalized spacial score (nSPS) is 10.5. The molecule has 0 amide bonds. The molecule has 0 aliphatic rings. The number of hydrogen-bond acceptors (Lipinski definition) is 4. The smallest absolute Gasteiger partial charge is 0.358 e. The lowest BCUT2D eigenvalue weighted by molar-refractivity contribution is 0.0685. The van der Waals surface area contributed by atoms with E-state index in [4.69, 9.17) is 14.4 Å². The molecular weight excluding hydrogens is 246 g/mol. The second kappa shape index (κ2) is 5.14. The van der Waals surface area contributed by atoms with Crippen LogP contribution in [0.5, 0.6) is 5.75 Å². The molecule has 0 aliphatic heterocycles. The fourth-order valence-electron chi connectivity index (χ4n) is 1.72. The number of nitrogens with zero attached hydrogens (tertiary/aromatic N) is 1. The summed E-state index contributed by atoms with van der Waals surface area (Å²) in [5.74, 6) is -0.000758. The Bertz CT molecular complexity index is 593. The van der Waals surface area contributed by atoms with Crippen molar-refractivity contribution in [3.63, 3.8) is 0 Å². The van der Waals surface area contributed by atoms with Crippen molar-refractivity contribution in [3.8, 4) is 5.75 Å². The zero-order valence-corrected chi connectivity index (χ0v) is 11.1. The summed E-state index contributed by atoms with van der Waals surface area (Å²) >= 11 is 0. The zero-order chi connectivity index (χ0) is 14.0. The molecule has 19 heavy (non-hydrogen) atoms. The van der Waals surface area contributed by atoms with Gasteiger partial charge >= 0.3 is 5.97 Å². The molecule has 0 bridgehead atoms. The number of ether oxygens (including phenoxy) is 1. The van der Waals surface area contributed by atoms with Gasteiger partial charge in [-0.1, -0.05) is 5.16 Å². The van der Waals surface area contributed by atoms with Crippen LogP contribution in [0.3, 0.4) is 0 Å². The van der Waals surface area contributed by atoms with E-state index in [1.165, 1.54) is 11.6 Å². The molecule has 0 radical (unpaired) electrons. The van der Waals surface area contributed by atoms with Crippen LogP contribution in [0.25, 0.3) is 0 Å². The molecule has 1 heterocycles. The summed E-state index contributed by atoms with van der Waals surface area (Å²) in [5.41, 5.74) is 3.42. The Labute approximate surface area is 110 Å². The molecule has 0 fully saturated rings. The maximum Gasteiger partial charge on any atom is 0.358 e. The van der Waals surface area contributed by atoms with Gasteiger partial charge in [0.1, 0.15) is 12.4 Å². The Morgan fingerprint density at radius 3 is 2.42 bits per heavy atom. The third-order valence-electron chi connectivity index (χ3n) is 3.06. The minimum absolute atomic E-state index is 0.116. The van der Waals surface area contributed by atoms with Crippen molar-refractivity contribution in [1.82, 2.24) is 5.16 Å². The summed E-state index contributed by atoms with van der Waals surface area (Å²) in [7, 11) is 0. The molecule has 1 aromatic carbocycles. The summed E-state index contributed by atoms with van der Waals surface area (Å²) in [6.07, 6.45) is 0. The summed E-state index contributed by atoms with van der Waals surface area (Å²) in [6.45, 7) is 6.25. The number of carboxylic acid groups (broad SMARTS) is 1. The van der Waals surface area contributed by atoms with Gasteiger partial charge in [0.05, 0.1) is 0 Å². The number of aromatic nitrogens is 1. The molecule has 2 aromatic rings. The standard InChI is InChI=1S/C14H15NO4/c1-8-4-11(5-9(2)10(8)3)18-7-12-6-13(14(16)17)15-19-12/h4-6H,7H2,1-3H3,(H,16,17). The van der Waals surface area contributed by atoms with Gasteiger partial charge in [-0.25, -0.2) is 4.79 Å². The second-order valence-electron chi connectivity index (χ2n) is 4.45. The molecule has 0 saturated heterocycles. The molecule has 0 spiro atoms. The third-order valence-corrected chi connectivity index (χ3v) is 3.06. The van der Waals surface area contributed by atoms with E-state index in [-0.39, 0.29) is 12.3 Å². The van der Waals surface area contributed by atoms with E-state index >= 15 is 0 Å². The monoisotopic (exact) mass is 261 g/mol. The van der Waals surface area contributed by atoms with Crippen molar-refractivity contribution in [3.05, 3.63) is 46.3 Å². The van der Waals surface area contributed by atoms with Crippen LogP contribution in [0.15, 0.2) is 22.7 Å². The van der Waals surface area contributed by atoms with Crippen LogP contribution in [0.1, 0.15) is 32.9 Å². The number of aromatic carboxylic acids is 1. The highest BCUT2D eigenvalue weighted by Crippen LogP contribution is 2.21. The van der Waals surface area contributed by atoms with Crippen LogP contribution in [0.2, 0.25) is 0 Å². The minimum atomic E-state index is -1.11. The SMILES string of the molecule is Cc1cc(OCc2cc(C(=O)O)no2)cc(C)c1C. The molecule has 2 rings (SSSR count). The van der Waals surface area contributed by atoms with Gasteiger partial charge in [0.2, 0.25) is 0 Å². The maximum absolute atomic E-state index is 10.7. The first-order valence-corrected chi connectivity index (χ1v) is 5.87. The fraction of sp³-hybridized carbons (Fsp3) is 0.286. The molecule has 100 valence electrons. The van der Waals surface area contributed by atoms with Crippen LogP contribution in [-0.2, 0) is 6.61 Å². The van der Waals surface area contributed by atoms with Crippen LogP contribution in [0.4, 0.5) is 0 Å². The molecule has 0 atom stereocenters. The highest BCUT2D eigenvalue weighted by atomic mass is 16.5. The van der Waals surface area contributed by atoms with Gasteiger partial charge in [0.25, 0.3) is 0 Å². The van der Waals surface area contributed by atoms with Gasteiger partial charge in [0, 0.05) is 6.07 Å². The van der Waals surface area contributed by atoms with Gasteiger partial charge in [-0.05, 0) is 49.6 Å². The van der Waals surface area contributed by atoms with E-state index in [1.54, 1.807) is 0 Å². The van der Waals surface area contributed by atoms with Gasteiger partial charge in [0.15, 0.2) is 11.5 Å². The summed E-state index contributed by atoms with van der Waals surface area (Å²) in [5, 5.41) is 12.1. The Kier molecular flexibility index (Phi) is 3.55. The van der Waals surface area contributed by atoms with Crippen molar-refractivity contribution < 1.29 is 19.2 Å². The van der Waals surface area contributed by atoms with Crippen molar-refractivity contribution in [1.29, 1.82) is 0 Å². The minimum Gasteiger partial charge on any atom is -0.486 e. The van der Waals surface area contributed by atoms with Gasteiger partial charge in [-0.3, -0.25) is 0 Å². The lowest BCUT2D eigenvalue weighted by Crippen LogP contribution is -1.97. The highest BCUT2D eigenvalue weighted by Gasteiger charge is 2.11. The Morgan fingerprint density at radius 1 is 1.26 bits per heavy atom. The first kappa shape index (κ1) is 13.1. The fourth-order valence-corrected chi connectivity index (χ4v) is 1.72. The predicted octanol–water partition coefficient (Wildman–Crippen LogP) is 2.88. The van der Waals surface area contributed by atoms with Gasteiger partial charge < -0.3 is 14.4 Å². The van der Waals surface area contributed by atoms with E-state index in [1.807, 2.05) is 26.0 Å². The van der Waals surface area contributed by atoms with E-state index in [2.05, 4.69) is 12.1 Å². The van der Waals surface area contributed by atoms with Gasteiger partial charge in [-0.2, -0.15) is 0 Å². The van der Waals surface area contributed by atoms with Crippen LogP contribution < -0.4 is 4.74 Å². The average Bonchev–Trinajstić information content (AvgIpc) is 2.82. The predicted molar refractivity (Wildman–Crippen MR) is 68.4 cm³/mol. The first-order chi connectivity index (χ1) is 8.97. The first-order valence-electron chi connectivity index (χ1n) is 5.87. The Hall–Kier alpha value is -2.30. The number of hydrogen-bond donors (Lipinski definition) is 1. The number of carboxylic acids is 1.